The van der Waals surface area contributed by atoms with Crippen molar-refractivity contribution in [2.75, 3.05) is 57.3 Å². The lowest BCUT2D eigenvalue weighted by atomic mass is 10.00. The van der Waals surface area contributed by atoms with Crippen LogP contribution < -0.4 is 9.64 Å². The van der Waals surface area contributed by atoms with Crippen LogP contribution in [0.3, 0.4) is 0 Å². The Morgan fingerprint density at radius 3 is 2.21 bits per heavy atom. The number of hydrogen-bond acceptors (Lipinski definition) is 5. The van der Waals surface area contributed by atoms with Gasteiger partial charge in [0.25, 0.3) is 0 Å². The Morgan fingerprint density at radius 2 is 1.57 bits per heavy atom. The van der Waals surface area contributed by atoms with E-state index in [2.05, 4.69) is 44.7 Å². The molecule has 230 valence electrons. The zero-order valence-corrected chi connectivity index (χ0v) is 26.1. The third-order valence-electron chi connectivity index (χ3n) is 7.39. The van der Waals surface area contributed by atoms with Gasteiger partial charge in [-0.2, -0.15) is 0 Å². The number of amides is 3. The number of aliphatic carboxylic acids is 1. The normalized spacial score (nSPS) is 14.4. The van der Waals surface area contributed by atoms with Crippen LogP contribution in [0.4, 0.5) is 10.5 Å². The van der Waals surface area contributed by atoms with E-state index in [-0.39, 0.29) is 25.7 Å². The molecule has 0 bridgehead atoms. The second-order valence-electron chi connectivity index (χ2n) is 11.7. The van der Waals surface area contributed by atoms with Crippen molar-refractivity contribution in [1.82, 2.24) is 14.7 Å². The Bertz CT molecular complexity index is 1210. The second kappa shape index (κ2) is 15.5. The molecule has 2 aromatic carbocycles. The quantitative estimate of drug-likeness (QED) is 0.419. The molecule has 1 aliphatic rings. The highest BCUT2D eigenvalue weighted by molar-refractivity contribution is 6.31. The Balaban J connectivity index is 2.05. The molecule has 3 amide bonds. The molecule has 2 aromatic rings. The lowest BCUT2D eigenvalue weighted by molar-refractivity contribution is -0.156. The van der Waals surface area contributed by atoms with Crippen LogP contribution in [0.2, 0.25) is 0 Å². The van der Waals surface area contributed by atoms with Crippen LogP contribution in [0.15, 0.2) is 42.5 Å². The number of ether oxygens (including phenoxy) is 1. The van der Waals surface area contributed by atoms with Crippen molar-refractivity contribution in [2.24, 2.45) is 11.8 Å². The van der Waals surface area contributed by atoms with E-state index in [4.69, 9.17) is 4.74 Å². The summed E-state index contributed by atoms with van der Waals surface area (Å²) in [5, 5.41) is 9.63. The molecule has 1 N–H and O–H groups in total. The fraction of sp³-hybridized carbons (Fsp3) is 0.545. The fourth-order valence-electron chi connectivity index (χ4n) is 5.24. The number of carbonyl (C=O) groups excluding carboxylic acids is 2. The van der Waals surface area contributed by atoms with Crippen molar-refractivity contribution in [1.29, 1.82) is 0 Å². The summed E-state index contributed by atoms with van der Waals surface area (Å²) in [5.41, 5.74) is 3.89. The summed E-state index contributed by atoms with van der Waals surface area (Å²) >= 11 is 0. The lowest BCUT2D eigenvalue weighted by Gasteiger charge is -2.31. The molecule has 0 atom stereocenters. The zero-order valence-electron chi connectivity index (χ0n) is 26.1. The Hall–Kier alpha value is -3.75. The molecule has 0 aliphatic carbocycles. The second-order valence-corrected chi connectivity index (χ2v) is 11.7. The number of urea groups is 1. The van der Waals surface area contributed by atoms with Gasteiger partial charge in [-0.15, -0.1) is 0 Å². The summed E-state index contributed by atoms with van der Waals surface area (Å²) < 4.78 is 5.98. The number of fused-ring (bicyclic) bond motifs is 1. The third kappa shape index (κ3) is 8.87. The molecule has 9 heteroatoms. The molecule has 9 nitrogen and oxygen atoms in total. The van der Waals surface area contributed by atoms with Crippen molar-refractivity contribution in [3.63, 3.8) is 0 Å². The molecule has 1 aliphatic heterocycles. The van der Waals surface area contributed by atoms with E-state index in [9.17, 15) is 19.5 Å². The highest BCUT2D eigenvalue weighted by atomic mass is 16.5. The van der Waals surface area contributed by atoms with Crippen LogP contribution in [0, 0.1) is 11.8 Å². The molecule has 3 rings (SSSR count). The maximum absolute atomic E-state index is 13.3. The first-order valence-electron chi connectivity index (χ1n) is 15.2. The van der Waals surface area contributed by atoms with Crippen LogP contribution >= 0.6 is 0 Å². The first kappa shape index (κ1) is 32.8. The Labute approximate surface area is 251 Å². The third-order valence-corrected chi connectivity index (χ3v) is 7.39. The van der Waals surface area contributed by atoms with Gasteiger partial charge in [-0.25, -0.2) is 9.59 Å². The first-order chi connectivity index (χ1) is 20.0. The van der Waals surface area contributed by atoms with Gasteiger partial charge in [-0.3, -0.25) is 4.79 Å². The van der Waals surface area contributed by atoms with E-state index >= 15 is 0 Å². The van der Waals surface area contributed by atoms with E-state index in [0.717, 1.165) is 47.6 Å². The van der Waals surface area contributed by atoms with Gasteiger partial charge in [0.15, 0.2) is 0 Å². The van der Waals surface area contributed by atoms with Crippen LogP contribution in [-0.2, 0) is 16.1 Å². The summed E-state index contributed by atoms with van der Waals surface area (Å²) in [6.07, 6.45) is 0.745. The van der Waals surface area contributed by atoms with Crippen molar-refractivity contribution in [3.05, 3.63) is 48.0 Å². The minimum Gasteiger partial charge on any atom is -0.493 e. The summed E-state index contributed by atoms with van der Waals surface area (Å²) in [5.74, 6) is -0.870. The molecule has 0 aromatic heterocycles. The largest absolute Gasteiger partial charge is 0.493 e. The van der Waals surface area contributed by atoms with Gasteiger partial charge in [0.05, 0.1) is 6.61 Å². The van der Waals surface area contributed by atoms with Gasteiger partial charge in [-0.1, -0.05) is 52.0 Å². The standard InChI is InChI=1S/C33H48N4O5/c1-7-34(8-2)33(41)35-15-10-16-36(21-24(3)4)30-20-27(26-11-9-12-29(19-26)42-23-25(5)6)13-14-28(30)22-37(18-17-35)31(38)32(39)40/h9,11-14,19-20,24-25H,7-8,10,15-18,21-23H2,1-6H3,(H,39,40). The maximum atomic E-state index is 13.3. The number of nitrogens with zero attached hydrogens (tertiary/aromatic N) is 4. The minimum atomic E-state index is -1.50. The fourth-order valence-corrected chi connectivity index (χ4v) is 5.24. The minimum absolute atomic E-state index is 0.0863. The predicted molar refractivity (Wildman–Crippen MR) is 167 cm³/mol. The number of rotatable bonds is 8. The molecule has 0 saturated heterocycles. The average Bonchev–Trinajstić information content (AvgIpc) is 2.99. The number of hydrogen-bond donors (Lipinski definition) is 1. The number of carbonyl (C=O) groups is 3. The first-order valence-corrected chi connectivity index (χ1v) is 15.2. The number of carboxylic acids is 1. The molecule has 0 unspecified atom stereocenters. The van der Waals surface area contributed by atoms with Crippen LogP contribution in [0.1, 0.15) is 53.5 Å². The van der Waals surface area contributed by atoms with E-state index in [1.807, 2.05) is 44.2 Å². The summed E-state index contributed by atoms with van der Waals surface area (Å²) in [6, 6.07) is 14.1. The zero-order chi connectivity index (χ0) is 30.8. The highest BCUT2D eigenvalue weighted by Crippen LogP contribution is 2.32. The SMILES string of the molecule is CCN(CC)C(=O)N1CCCN(CC(C)C)c2cc(-c3cccc(OCC(C)C)c3)ccc2CN(C(=O)C(=O)O)CC1. The van der Waals surface area contributed by atoms with Crippen LogP contribution in [-0.4, -0.2) is 90.1 Å². The summed E-state index contributed by atoms with van der Waals surface area (Å²) in [6.45, 7) is 16.8. The van der Waals surface area contributed by atoms with Crippen LogP contribution in [0.5, 0.6) is 5.75 Å². The monoisotopic (exact) mass is 580 g/mol. The predicted octanol–water partition coefficient (Wildman–Crippen LogP) is 5.43. The molecule has 0 radical (unpaired) electrons. The average molecular weight is 581 g/mol. The van der Waals surface area contributed by atoms with Gasteiger partial charge in [0.1, 0.15) is 5.75 Å². The number of carboxylic acid groups (broad SMARTS) is 1. The molecule has 0 spiro atoms. The lowest BCUT2D eigenvalue weighted by Crippen LogP contribution is -2.48. The molecule has 1 heterocycles. The van der Waals surface area contributed by atoms with Crippen molar-refractivity contribution in [3.8, 4) is 16.9 Å². The van der Waals surface area contributed by atoms with Gasteiger partial charge in [0, 0.05) is 58.0 Å². The van der Waals surface area contributed by atoms with Crippen LogP contribution in [0.25, 0.3) is 11.1 Å². The Morgan fingerprint density at radius 1 is 0.881 bits per heavy atom. The van der Waals surface area contributed by atoms with Gasteiger partial charge < -0.3 is 29.4 Å². The van der Waals surface area contributed by atoms with Gasteiger partial charge in [0.2, 0.25) is 0 Å². The van der Waals surface area contributed by atoms with E-state index in [1.165, 1.54) is 4.90 Å². The summed E-state index contributed by atoms with van der Waals surface area (Å²) in [7, 11) is 0. The number of anilines is 1. The van der Waals surface area contributed by atoms with Gasteiger partial charge >= 0.3 is 17.9 Å². The smallest absolute Gasteiger partial charge is 0.394 e. The number of benzene rings is 2. The van der Waals surface area contributed by atoms with E-state index < -0.39 is 11.9 Å². The van der Waals surface area contributed by atoms with Gasteiger partial charge in [-0.05, 0) is 67.0 Å². The van der Waals surface area contributed by atoms with E-state index in [1.54, 1.807) is 9.80 Å². The molecular formula is C33H48N4O5. The molecular weight excluding hydrogens is 532 g/mol. The van der Waals surface area contributed by atoms with E-state index in [0.29, 0.717) is 38.1 Å². The Kier molecular flexibility index (Phi) is 12.1. The topological polar surface area (TPSA) is 93.6 Å². The molecule has 0 saturated carbocycles. The summed E-state index contributed by atoms with van der Waals surface area (Å²) in [4.78, 5) is 45.2. The highest BCUT2D eigenvalue weighted by Gasteiger charge is 2.27. The molecule has 42 heavy (non-hydrogen) atoms. The van der Waals surface area contributed by atoms with Crippen molar-refractivity contribution >= 4 is 23.6 Å². The molecule has 0 fully saturated rings. The van der Waals surface area contributed by atoms with Crippen molar-refractivity contribution in [2.45, 2.75) is 54.5 Å². The maximum Gasteiger partial charge on any atom is 0.394 e. The van der Waals surface area contributed by atoms with Crippen molar-refractivity contribution < 1.29 is 24.2 Å².